The number of hydrogen-bond donors (Lipinski definition) is 1. The van der Waals surface area contributed by atoms with Gasteiger partial charge in [0, 0.05) is 17.6 Å². The zero-order valence-electron chi connectivity index (χ0n) is 12.0. The lowest BCUT2D eigenvalue weighted by Crippen LogP contribution is -2.38. The highest BCUT2D eigenvalue weighted by molar-refractivity contribution is 7.90. The first-order valence-electron chi connectivity index (χ1n) is 6.91. The normalized spacial score (nSPS) is 19.5. The van der Waals surface area contributed by atoms with Crippen LogP contribution in [0.25, 0.3) is 5.69 Å². The highest BCUT2D eigenvalue weighted by atomic mass is 35.5. The molecule has 9 heteroatoms. The van der Waals surface area contributed by atoms with Gasteiger partial charge in [-0.2, -0.15) is 17.8 Å². The summed E-state index contributed by atoms with van der Waals surface area (Å²) in [5.74, 6) is 0. The molecule has 0 radical (unpaired) electrons. The quantitative estimate of drug-likeness (QED) is 0.923. The van der Waals surface area contributed by atoms with Gasteiger partial charge >= 0.3 is 10.2 Å². The lowest BCUT2D eigenvalue weighted by Gasteiger charge is -2.22. The molecule has 2 heterocycles. The monoisotopic (exact) mass is 341 g/mol. The topological polar surface area (TPSA) is 80.1 Å². The van der Waals surface area contributed by atoms with Crippen molar-refractivity contribution in [2.45, 2.75) is 25.8 Å². The van der Waals surface area contributed by atoms with Gasteiger partial charge in [0.05, 0.1) is 11.4 Å². The van der Waals surface area contributed by atoms with Gasteiger partial charge in [-0.3, -0.25) is 4.72 Å². The molecule has 1 aromatic carbocycles. The molecule has 0 bridgehead atoms. The number of nitrogens with zero attached hydrogens (tertiary/aromatic N) is 4. The van der Waals surface area contributed by atoms with E-state index in [1.807, 2.05) is 6.92 Å². The molecule has 1 saturated heterocycles. The van der Waals surface area contributed by atoms with Crippen molar-refractivity contribution in [2.24, 2.45) is 0 Å². The maximum Gasteiger partial charge on any atom is 0.301 e. The zero-order valence-corrected chi connectivity index (χ0v) is 13.5. The first kappa shape index (κ1) is 15.3. The Hall–Kier alpha value is -1.64. The summed E-state index contributed by atoms with van der Waals surface area (Å²) in [5, 5.41) is 4.47. The van der Waals surface area contributed by atoms with Gasteiger partial charge in [-0.1, -0.05) is 11.6 Å². The van der Waals surface area contributed by atoms with Gasteiger partial charge in [-0.15, -0.1) is 0 Å². The highest BCUT2D eigenvalue weighted by Crippen LogP contribution is 2.27. The molecule has 1 aliphatic heterocycles. The Morgan fingerprint density at radius 2 is 2.23 bits per heavy atom. The molecule has 0 amide bonds. The number of rotatable bonds is 4. The first-order chi connectivity index (χ1) is 10.5. The molecule has 0 saturated carbocycles. The fourth-order valence-electron chi connectivity index (χ4n) is 2.58. The number of anilines is 1. The Kier molecular flexibility index (Phi) is 4.07. The van der Waals surface area contributed by atoms with Crippen LogP contribution in [0, 0.1) is 0 Å². The average Bonchev–Trinajstić information content (AvgIpc) is 3.09. The molecule has 1 N–H and O–H groups in total. The lowest BCUT2D eigenvalue weighted by atomic mass is 10.3. The van der Waals surface area contributed by atoms with Crippen molar-refractivity contribution < 1.29 is 8.42 Å². The van der Waals surface area contributed by atoms with E-state index in [0.717, 1.165) is 12.8 Å². The van der Waals surface area contributed by atoms with E-state index < -0.39 is 10.2 Å². The molecule has 118 valence electrons. The molecular formula is C13H16ClN5O2S. The van der Waals surface area contributed by atoms with E-state index in [1.165, 1.54) is 21.6 Å². The SMILES string of the molecule is CC1CCCN1S(=O)(=O)Nc1cc(Cl)ccc1-n1cncn1. The van der Waals surface area contributed by atoms with E-state index >= 15 is 0 Å². The van der Waals surface area contributed by atoms with Crippen molar-refractivity contribution in [2.75, 3.05) is 11.3 Å². The summed E-state index contributed by atoms with van der Waals surface area (Å²) in [7, 11) is -3.63. The van der Waals surface area contributed by atoms with Crippen LogP contribution >= 0.6 is 11.6 Å². The van der Waals surface area contributed by atoms with Gasteiger partial charge < -0.3 is 0 Å². The number of benzene rings is 1. The van der Waals surface area contributed by atoms with E-state index in [9.17, 15) is 8.42 Å². The second-order valence-corrected chi connectivity index (χ2v) is 7.27. The van der Waals surface area contributed by atoms with Gasteiger partial charge in [0.2, 0.25) is 0 Å². The minimum Gasteiger partial charge on any atom is -0.269 e. The fraction of sp³-hybridized carbons (Fsp3) is 0.385. The second-order valence-electron chi connectivity index (χ2n) is 5.21. The molecule has 1 unspecified atom stereocenters. The van der Waals surface area contributed by atoms with E-state index in [2.05, 4.69) is 14.8 Å². The summed E-state index contributed by atoms with van der Waals surface area (Å²) >= 11 is 6.00. The van der Waals surface area contributed by atoms with Gasteiger partial charge in [0.1, 0.15) is 12.7 Å². The molecule has 0 spiro atoms. The molecule has 1 aliphatic rings. The molecule has 0 aliphatic carbocycles. The van der Waals surface area contributed by atoms with Crippen LogP contribution < -0.4 is 4.72 Å². The van der Waals surface area contributed by atoms with Crippen LogP contribution in [0.15, 0.2) is 30.9 Å². The molecule has 1 atom stereocenters. The molecule has 1 fully saturated rings. The summed E-state index contributed by atoms with van der Waals surface area (Å²) in [5.41, 5.74) is 0.939. The highest BCUT2D eigenvalue weighted by Gasteiger charge is 2.31. The predicted octanol–water partition coefficient (Wildman–Crippen LogP) is 2.06. The van der Waals surface area contributed by atoms with Crippen LogP contribution in [-0.2, 0) is 10.2 Å². The second kappa shape index (κ2) is 5.86. The van der Waals surface area contributed by atoms with Gasteiger partial charge in [0.25, 0.3) is 0 Å². The molecule has 22 heavy (non-hydrogen) atoms. The summed E-state index contributed by atoms with van der Waals surface area (Å²) in [6, 6.07) is 4.93. The third-order valence-electron chi connectivity index (χ3n) is 3.66. The summed E-state index contributed by atoms with van der Waals surface area (Å²) in [4.78, 5) is 3.88. The van der Waals surface area contributed by atoms with Crippen LogP contribution in [0.4, 0.5) is 5.69 Å². The Balaban J connectivity index is 1.96. The van der Waals surface area contributed by atoms with Gasteiger partial charge in [-0.25, -0.2) is 9.67 Å². The smallest absolute Gasteiger partial charge is 0.269 e. The van der Waals surface area contributed by atoms with Crippen LogP contribution in [0.1, 0.15) is 19.8 Å². The number of hydrogen-bond acceptors (Lipinski definition) is 4. The fourth-order valence-corrected chi connectivity index (χ4v) is 4.26. The predicted molar refractivity (Wildman–Crippen MR) is 84.3 cm³/mol. The number of halogens is 1. The third-order valence-corrected chi connectivity index (χ3v) is 5.54. The molecule has 3 rings (SSSR count). The Labute approximate surface area is 134 Å². The average molecular weight is 342 g/mol. The lowest BCUT2D eigenvalue weighted by molar-refractivity contribution is 0.412. The Morgan fingerprint density at radius 3 is 2.86 bits per heavy atom. The largest absolute Gasteiger partial charge is 0.301 e. The van der Waals surface area contributed by atoms with E-state index in [4.69, 9.17) is 11.6 Å². The van der Waals surface area contributed by atoms with Crippen molar-refractivity contribution in [3.63, 3.8) is 0 Å². The molecular weight excluding hydrogens is 326 g/mol. The van der Waals surface area contributed by atoms with E-state index in [-0.39, 0.29) is 6.04 Å². The van der Waals surface area contributed by atoms with Crippen molar-refractivity contribution >= 4 is 27.5 Å². The van der Waals surface area contributed by atoms with E-state index in [1.54, 1.807) is 18.2 Å². The standard InChI is InChI=1S/C13H16ClN5O2S/c1-10-3-2-6-19(10)22(20,21)17-12-7-11(14)4-5-13(12)18-9-15-8-16-18/h4-5,7-10,17H,2-3,6H2,1H3. The summed E-state index contributed by atoms with van der Waals surface area (Å²) < 4.78 is 30.7. The van der Waals surface area contributed by atoms with Gasteiger partial charge in [0.15, 0.2) is 0 Å². The molecule has 7 nitrogen and oxygen atoms in total. The molecule has 2 aromatic rings. The minimum absolute atomic E-state index is 0.00787. The number of aromatic nitrogens is 3. The first-order valence-corrected chi connectivity index (χ1v) is 8.73. The third kappa shape index (κ3) is 2.94. The Morgan fingerprint density at radius 1 is 1.41 bits per heavy atom. The summed E-state index contributed by atoms with van der Waals surface area (Å²) in [6.07, 6.45) is 4.62. The van der Waals surface area contributed by atoms with E-state index in [0.29, 0.717) is 22.9 Å². The van der Waals surface area contributed by atoms with Crippen molar-refractivity contribution in [1.29, 1.82) is 0 Å². The van der Waals surface area contributed by atoms with Crippen LogP contribution in [0.2, 0.25) is 5.02 Å². The Bertz CT molecular complexity index is 763. The molecule has 1 aromatic heterocycles. The van der Waals surface area contributed by atoms with Crippen LogP contribution in [-0.4, -0.2) is 40.1 Å². The van der Waals surface area contributed by atoms with Crippen molar-refractivity contribution in [3.8, 4) is 5.69 Å². The van der Waals surface area contributed by atoms with Crippen molar-refractivity contribution in [3.05, 3.63) is 35.9 Å². The van der Waals surface area contributed by atoms with Crippen molar-refractivity contribution in [1.82, 2.24) is 19.1 Å². The number of nitrogens with one attached hydrogen (secondary N) is 1. The maximum atomic E-state index is 12.6. The van der Waals surface area contributed by atoms with Gasteiger partial charge in [-0.05, 0) is 38.0 Å². The van der Waals surface area contributed by atoms with Crippen LogP contribution in [0.3, 0.4) is 0 Å². The summed E-state index contributed by atoms with van der Waals surface area (Å²) in [6.45, 7) is 2.43. The minimum atomic E-state index is -3.63. The zero-order chi connectivity index (χ0) is 15.7. The maximum absolute atomic E-state index is 12.6. The van der Waals surface area contributed by atoms with Crippen LogP contribution in [0.5, 0.6) is 0 Å².